The predicted octanol–water partition coefficient (Wildman–Crippen LogP) is 0.0745. The molecule has 0 aromatic rings. The van der Waals surface area contributed by atoms with Gasteiger partial charge in [-0.25, -0.2) is 0 Å². The van der Waals surface area contributed by atoms with Gasteiger partial charge in [0.15, 0.2) is 0 Å². The second-order valence-electron chi connectivity index (χ2n) is 5.09. The number of hydrogen-bond acceptors (Lipinski definition) is 4. The summed E-state index contributed by atoms with van der Waals surface area (Å²) < 4.78 is 0. The topological polar surface area (TPSA) is 87.3 Å². The molecule has 0 radical (unpaired) electrons. The van der Waals surface area contributed by atoms with Crippen LogP contribution in [0.2, 0.25) is 0 Å². The summed E-state index contributed by atoms with van der Waals surface area (Å²) in [5.41, 5.74) is 0. The van der Waals surface area contributed by atoms with Gasteiger partial charge in [0.05, 0.1) is 12.1 Å². The molecule has 1 heterocycles. The van der Waals surface area contributed by atoms with E-state index in [0.717, 1.165) is 12.8 Å². The van der Waals surface area contributed by atoms with Crippen LogP contribution in [0.15, 0.2) is 0 Å². The van der Waals surface area contributed by atoms with Crippen LogP contribution in [0.4, 0.5) is 0 Å². The normalized spacial score (nSPS) is 22.6. The molecule has 1 rings (SSSR count). The number of amides is 3. The number of nitrogens with one attached hydrogen (secondary N) is 3. The van der Waals surface area contributed by atoms with E-state index >= 15 is 0 Å². The fraction of sp³-hybridized carbons (Fsp3) is 0.769. The van der Waals surface area contributed by atoms with Crippen LogP contribution in [0.5, 0.6) is 0 Å². The third-order valence-electron chi connectivity index (χ3n) is 3.19. The SMILES string of the molecule is CCCC(C)NC(=O)C(C)NC1CCC(=O)NC1=O. The van der Waals surface area contributed by atoms with Gasteiger partial charge >= 0.3 is 0 Å². The second kappa shape index (κ2) is 7.23. The highest BCUT2D eigenvalue weighted by Gasteiger charge is 2.29. The lowest BCUT2D eigenvalue weighted by Gasteiger charge is -2.25. The van der Waals surface area contributed by atoms with E-state index in [1.54, 1.807) is 6.92 Å². The van der Waals surface area contributed by atoms with Crippen LogP contribution < -0.4 is 16.0 Å². The number of piperidine rings is 1. The van der Waals surface area contributed by atoms with Gasteiger partial charge in [-0.15, -0.1) is 0 Å². The highest BCUT2D eigenvalue weighted by molar-refractivity contribution is 6.00. The van der Waals surface area contributed by atoms with Crippen molar-refractivity contribution in [1.82, 2.24) is 16.0 Å². The van der Waals surface area contributed by atoms with Gasteiger partial charge in [-0.2, -0.15) is 0 Å². The zero-order valence-corrected chi connectivity index (χ0v) is 11.8. The van der Waals surface area contributed by atoms with Crippen LogP contribution in [0, 0.1) is 0 Å². The molecule has 1 aliphatic rings. The molecule has 6 heteroatoms. The average molecular weight is 269 g/mol. The predicted molar refractivity (Wildman–Crippen MR) is 71.3 cm³/mol. The number of hydrogen-bond donors (Lipinski definition) is 3. The van der Waals surface area contributed by atoms with E-state index in [2.05, 4.69) is 22.9 Å². The maximum Gasteiger partial charge on any atom is 0.243 e. The Labute approximate surface area is 113 Å². The molecule has 3 amide bonds. The Kier molecular flexibility index (Phi) is 5.95. The van der Waals surface area contributed by atoms with E-state index in [9.17, 15) is 14.4 Å². The fourth-order valence-corrected chi connectivity index (χ4v) is 2.10. The number of imide groups is 1. The van der Waals surface area contributed by atoms with Crippen LogP contribution in [-0.2, 0) is 14.4 Å². The average Bonchev–Trinajstić information content (AvgIpc) is 2.32. The Morgan fingerprint density at radius 2 is 2.11 bits per heavy atom. The van der Waals surface area contributed by atoms with Crippen molar-refractivity contribution in [3.63, 3.8) is 0 Å². The van der Waals surface area contributed by atoms with Gasteiger partial charge in [-0.1, -0.05) is 13.3 Å². The molecule has 1 saturated heterocycles. The zero-order chi connectivity index (χ0) is 14.4. The van der Waals surface area contributed by atoms with Crippen LogP contribution >= 0.6 is 0 Å². The van der Waals surface area contributed by atoms with Crippen LogP contribution in [0.25, 0.3) is 0 Å². The Balaban J connectivity index is 2.41. The molecule has 1 fully saturated rings. The lowest BCUT2D eigenvalue weighted by molar-refractivity contribution is -0.135. The minimum Gasteiger partial charge on any atom is -0.352 e. The molecule has 0 aromatic carbocycles. The molecule has 0 bridgehead atoms. The van der Waals surface area contributed by atoms with Crippen LogP contribution in [0.3, 0.4) is 0 Å². The van der Waals surface area contributed by atoms with Gasteiger partial charge in [0.1, 0.15) is 0 Å². The van der Waals surface area contributed by atoms with Crippen molar-refractivity contribution in [2.45, 2.75) is 64.6 Å². The number of carbonyl (C=O) groups is 3. The van der Waals surface area contributed by atoms with E-state index in [4.69, 9.17) is 0 Å². The van der Waals surface area contributed by atoms with Gasteiger partial charge in [-0.05, 0) is 26.7 Å². The van der Waals surface area contributed by atoms with Crippen molar-refractivity contribution < 1.29 is 14.4 Å². The highest BCUT2D eigenvalue weighted by Crippen LogP contribution is 2.05. The molecular weight excluding hydrogens is 246 g/mol. The van der Waals surface area contributed by atoms with E-state index in [1.165, 1.54) is 0 Å². The summed E-state index contributed by atoms with van der Waals surface area (Å²) in [4.78, 5) is 34.5. The van der Waals surface area contributed by atoms with Gasteiger partial charge in [-0.3, -0.25) is 25.0 Å². The Morgan fingerprint density at radius 3 is 2.68 bits per heavy atom. The monoisotopic (exact) mass is 269 g/mol. The van der Waals surface area contributed by atoms with Crippen molar-refractivity contribution in [2.75, 3.05) is 0 Å². The molecule has 19 heavy (non-hydrogen) atoms. The molecule has 3 unspecified atom stereocenters. The first-order chi connectivity index (χ1) is 8.93. The molecule has 1 aliphatic heterocycles. The molecule has 108 valence electrons. The Bertz CT molecular complexity index is 357. The maximum atomic E-state index is 11.9. The zero-order valence-electron chi connectivity index (χ0n) is 11.8. The lowest BCUT2D eigenvalue weighted by Crippen LogP contribution is -2.56. The van der Waals surface area contributed by atoms with Crippen molar-refractivity contribution in [3.05, 3.63) is 0 Å². The third kappa shape index (κ3) is 4.98. The van der Waals surface area contributed by atoms with Gasteiger partial charge in [0.2, 0.25) is 17.7 Å². The lowest BCUT2D eigenvalue weighted by atomic mass is 10.0. The molecule has 0 aromatic heterocycles. The second-order valence-corrected chi connectivity index (χ2v) is 5.09. The molecule has 0 aliphatic carbocycles. The molecule has 3 atom stereocenters. The molecule has 6 nitrogen and oxygen atoms in total. The molecule has 0 spiro atoms. The molecule has 0 saturated carbocycles. The summed E-state index contributed by atoms with van der Waals surface area (Å²) in [7, 11) is 0. The number of rotatable bonds is 6. The number of carbonyl (C=O) groups excluding carboxylic acids is 3. The standard InChI is InChI=1S/C13H23N3O3/c1-4-5-8(2)14-12(18)9(3)15-10-6-7-11(17)16-13(10)19/h8-10,15H,4-7H2,1-3H3,(H,14,18)(H,16,17,19). The van der Waals surface area contributed by atoms with Crippen LogP contribution in [0.1, 0.15) is 46.5 Å². The van der Waals surface area contributed by atoms with Crippen molar-refractivity contribution >= 4 is 17.7 Å². The van der Waals surface area contributed by atoms with Crippen molar-refractivity contribution in [1.29, 1.82) is 0 Å². The molecule has 3 N–H and O–H groups in total. The summed E-state index contributed by atoms with van der Waals surface area (Å²) in [6.45, 7) is 5.74. The van der Waals surface area contributed by atoms with Gasteiger partial charge in [0.25, 0.3) is 0 Å². The smallest absolute Gasteiger partial charge is 0.243 e. The first kappa shape index (κ1) is 15.6. The van der Waals surface area contributed by atoms with Gasteiger partial charge < -0.3 is 5.32 Å². The van der Waals surface area contributed by atoms with E-state index in [1.807, 2.05) is 6.92 Å². The first-order valence-corrected chi connectivity index (χ1v) is 6.84. The Hall–Kier alpha value is -1.43. The van der Waals surface area contributed by atoms with E-state index < -0.39 is 12.1 Å². The summed E-state index contributed by atoms with van der Waals surface area (Å²) in [6.07, 6.45) is 2.68. The fourth-order valence-electron chi connectivity index (χ4n) is 2.10. The largest absolute Gasteiger partial charge is 0.352 e. The maximum absolute atomic E-state index is 11.9. The minimum absolute atomic E-state index is 0.120. The quantitative estimate of drug-likeness (QED) is 0.596. The minimum atomic E-state index is -0.472. The summed E-state index contributed by atoms with van der Waals surface area (Å²) in [5, 5.41) is 8.12. The van der Waals surface area contributed by atoms with E-state index in [0.29, 0.717) is 12.8 Å². The third-order valence-corrected chi connectivity index (χ3v) is 3.19. The first-order valence-electron chi connectivity index (χ1n) is 6.84. The highest BCUT2D eigenvalue weighted by atomic mass is 16.2. The van der Waals surface area contributed by atoms with Crippen molar-refractivity contribution in [2.24, 2.45) is 0 Å². The van der Waals surface area contributed by atoms with Crippen LogP contribution in [-0.4, -0.2) is 35.8 Å². The molecular formula is C13H23N3O3. The summed E-state index contributed by atoms with van der Waals surface area (Å²) >= 11 is 0. The summed E-state index contributed by atoms with van der Waals surface area (Å²) in [6, 6.07) is -0.799. The van der Waals surface area contributed by atoms with Crippen molar-refractivity contribution in [3.8, 4) is 0 Å². The Morgan fingerprint density at radius 1 is 1.42 bits per heavy atom. The summed E-state index contributed by atoms with van der Waals surface area (Å²) in [5.74, 6) is -0.722. The van der Waals surface area contributed by atoms with Gasteiger partial charge in [0, 0.05) is 12.5 Å². The van der Waals surface area contributed by atoms with E-state index in [-0.39, 0.29) is 23.8 Å².